The zero-order valence-corrected chi connectivity index (χ0v) is 16.3. The van der Waals surface area contributed by atoms with Crippen LogP contribution in [-0.2, 0) is 4.74 Å². The van der Waals surface area contributed by atoms with Crippen LogP contribution in [0.5, 0.6) is 5.75 Å². The molecule has 11 nitrogen and oxygen atoms in total. The molecule has 0 spiro atoms. The van der Waals surface area contributed by atoms with Crippen molar-refractivity contribution >= 4 is 39.8 Å². The number of aromatic hydroxyl groups is 1. The van der Waals surface area contributed by atoms with Crippen LogP contribution < -0.4 is 10.6 Å². The van der Waals surface area contributed by atoms with Crippen molar-refractivity contribution < 1.29 is 24.4 Å². The van der Waals surface area contributed by atoms with Gasteiger partial charge in [-0.3, -0.25) is 15.4 Å². The van der Waals surface area contributed by atoms with E-state index in [1.54, 1.807) is 19.1 Å². The summed E-state index contributed by atoms with van der Waals surface area (Å²) in [7, 11) is 0. The fourth-order valence-corrected chi connectivity index (χ4v) is 3.12. The van der Waals surface area contributed by atoms with Crippen LogP contribution >= 0.6 is 11.3 Å². The lowest BCUT2D eigenvalue weighted by Gasteiger charge is -2.06. The molecular weight excluding hydrogens is 414 g/mol. The van der Waals surface area contributed by atoms with Gasteiger partial charge in [0.15, 0.2) is 5.01 Å². The Morgan fingerprint density at radius 3 is 2.57 bits per heavy atom. The number of nitrogens with one attached hydrogen (secondary N) is 2. The van der Waals surface area contributed by atoms with E-state index in [1.807, 2.05) is 0 Å². The van der Waals surface area contributed by atoms with E-state index in [2.05, 4.69) is 20.8 Å². The number of nitro benzene ring substituents is 1. The van der Waals surface area contributed by atoms with E-state index >= 15 is 0 Å². The van der Waals surface area contributed by atoms with Crippen LogP contribution in [0.1, 0.15) is 17.3 Å². The third-order valence-corrected chi connectivity index (χ3v) is 4.59. The molecule has 0 aliphatic heterocycles. The van der Waals surface area contributed by atoms with Crippen molar-refractivity contribution in [2.24, 2.45) is 0 Å². The van der Waals surface area contributed by atoms with Gasteiger partial charge in [-0.15, -0.1) is 10.2 Å². The number of nitrogens with zero attached hydrogens (tertiary/aromatic N) is 3. The Balaban J connectivity index is 1.66. The maximum atomic E-state index is 12.1. The SMILES string of the molecule is CCOC(=O)c1ccc(NC(=O)Nc2nnc(-c3cc([N+](=O)[O-])ccc3O)s2)cc1. The number of benzene rings is 2. The summed E-state index contributed by atoms with van der Waals surface area (Å²) in [5.74, 6) is -0.659. The summed E-state index contributed by atoms with van der Waals surface area (Å²) in [6.07, 6.45) is 0. The second kappa shape index (κ2) is 8.96. The smallest absolute Gasteiger partial charge is 0.338 e. The highest BCUT2D eigenvalue weighted by Crippen LogP contribution is 2.35. The molecule has 0 aliphatic rings. The molecule has 3 rings (SSSR count). The lowest BCUT2D eigenvalue weighted by Crippen LogP contribution is -2.19. The molecule has 1 aromatic heterocycles. The summed E-state index contributed by atoms with van der Waals surface area (Å²) in [5, 5.41) is 33.9. The average Bonchev–Trinajstić information content (AvgIpc) is 3.16. The quantitative estimate of drug-likeness (QED) is 0.304. The molecule has 0 aliphatic carbocycles. The van der Waals surface area contributed by atoms with E-state index in [0.717, 1.165) is 11.3 Å². The van der Waals surface area contributed by atoms with Crippen molar-refractivity contribution in [1.82, 2.24) is 10.2 Å². The number of phenolic OH excluding ortho intramolecular Hbond substituents is 1. The molecular formula is C18H15N5O6S. The molecule has 3 aromatic rings. The largest absolute Gasteiger partial charge is 0.507 e. The van der Waals surface area contributed by atoms with Gasteiger partial charge in [0, 0.05) is 17.8 Å². The number of aromatic nitrogens is 2. The lowest BCUT2D eigenvalue weighted by atomic mass is 10.2. The number of non-ortho nitro benzene ring substituents is 1. The Morgan fingerprint density at radius 1 is 1.17 bits per heavy atom. The van der Waals surface area contributed by atoms with Gasteiger partial charge >= 0.3 is 12.0 Å². The van der Waals surface area contributed by atoms with Gasteiger partial charge in [0.1, 0.15) is 5.75 Å². The highest BCUT2D eigenvalue weighted by atomic mass is 32.1. The highest BCUT2D eigenvalue weighted by Gasteiger charge is 2.17. The Bertz CT molecular complexity index is 1100. The summed E-state index contributed by atoms with van der Waals surface area (Å²) < 4.78 is 4.89. The van der Waals surface area contributed by atoms with Crippen molar-refractivity contribution in [2.75, 3.05) is 17.2 Å². The van der Waals surface area contributed by atoms with Gasteiger partial charge in [-0.25, -0.2) is 9.59 Å². The molecule has 2 amide bonds. The van der Waals surface area contributed by atoms with Crippen LogP contribution in [0.3, 0.4) is 0 Å². The number of amides is 2. The summed E-state index contributed by atoms with van der Waals surface area (Å²) in [4.78, 5) is 34.1. The zero-order valence-electron chi connectivity index (χ0n) is 15.5. The molecule has 30 heavy (non-hydrogen) atoms. The molecule has 0 fully saturated rings. The summed E-state index contributed by atoms with van der Waals surface area (Å²) in [6.45, 7) is 1.97. The number of hydrogen-bond donors (Lipinski definition) is 3. The predicted molar refractivity (Wildman–Crippen MR) is 109 cm³/mol. The van der Waals surface area contributed by atoms with Crippen LogP contribution in [0.4, 0.5) is 21.3 Å². The third-order valence-electron chi connectivity index (χ3n) is 3.72. The van der Waals surface area contributed by atoms with Gasteiger partial charge in [-0.05, 0) is 37.3 Å². The molecule has 0 unspecified atom stereocenters. The van der Waals surface area contributed by atoms with E-state index in [1.165, 1.54) is 30.3 Å². The van der Waals surface area contributed by atoms with Crippen molar-refractivity contribution in [3.63, 3.8) is 0 Å². The van der Waals surface area contributed by atoms with Crippen LogP contribution in [0.2, 0.25) is 0 Å². The Hall–Kier alpha value is -4.06. The first-order valence-corrected chi connectivity index (χ1v) is 9.35. The first kappa shape index (κ1) is 20.7. The minimum absolute atomic E-state index is 0.122. The van der Waals surface area contributed by atoms with Crippen LogP contribution in [-0.4, -0.2) is 38.8 Å². The Kier molecular flexibility index (Phi) is 6.17. The van der Waals surface area contributed by atoms with E-state index in [0.29, 0.717) is 11.3 Å². The molecule has 0 bridgehead atoms. The van der Waals surface area contributed by atoms with E-state index in [-0.39, 0.29) is 33.7 Å². The van der Waals surface area contributed by atoms with E-state index < -0.39 is 16.9 Å². The Labute approximate surface area is 173 Å². The minimum Gasteiger partial charge on any atom is -0.507 e. The summed E-state index contributed by atoms with van der Waals surface area (Å²) in [5.41, 5.74) is 0.705. The number of urea groups is 1. The number of esters is 1. The van der Waals surface area contributed by atoms with E-state index in [4.69, 9.17) is 4.74 Å². The maximum Gasteiger partial charge on any atom is 0.338 e. The molecule has 12 heteroatoms. The third kappa shape index (κ3) is 4.86. The highest BCUT2D eigenvalue weighted by molar-refractivity contribution is 7.18. The number of anilines is 2. The van der Waals surface area contributed by atoms with Gasteiger partial charge in [0.2, 0.25) is 5.13 Å². The fourth-order valence-electron chi connectivity index (χ4n) is 2.36. The number of hydrogen-bond acceptors (Lipinski definition) is 9. The van der Waals surface area contributed by atoms with E-state index in [9.17, 15) is 24.8 Å². The topological polar surface area (TPSA) is 157 Å². The van der Waals surface area contributed by atoms with Crippen molar-refractivity contribution in [1.29, 1.82) is 0 Å². The molecule has 2 aromatic carbocycles. The van der Waals surface area contributed by atoms with Gasteiger partial charge in [0.05, 0.1) is 22.7 Å². The molecule has 0 atom stereocenters. The fraction of sp³-hybridized carbons (Fsp3) is 0.111. The van der Waals surface area contributed by atoms with Crippen LogP contribution in [0, 0.1) is 10.1 Å². The number of ether oxygens (including phenoxy) is 1. The predicted octanol–water partition coefficient (Wildman–Crippen LogP) is 3.64. The van der Waals surface area contributed by atoms with Crippen LogP contribution in [0.25, 0.3) is 10.6 Å². The first-order valence-electron chi connectivity index (χ1n) is 8.54. The van der Waals surface area contributed by atoms with Gasteiger partial charge in [-0.2, -0.15) is 0 Å². The second-order valence-corrected chi connectivity index (χ2v) is 6.73. The van der Waals surface area contributed by atoms with Crippen molar-refractivity contribution in [3.8, 4) is 16.3 Å². The number of rotatable bonds is 6. The molecule has 1 heterocycles. The first-order chi connectivity index (χ1) is 14.4. The molecule has 0 saturated heterocycles. The summed E-state index contributed by atoms with van der Waals surface area (Å²) >= 11 is 0.933. The Morgan fingerprint density at radius 2 is 1.90 bits per heavy atom. The van der Waals surface area contributed by atoms with Gasteiger partial charge < -0.3 is 15.2 Å². The number of nitro groups is 1. The summed E-state index contributed by atoms with van der Waals surface area (Å²) in [6, 6.07) is 9.03. The molecule has 0 radical (unpaired) electrons. The van der Waals surface area contributed by atoms with Gasteiger partial charge in [-0.1, -0.05) is 11.3 Å². The molecule has 3 N–H and O–H groups in total. The van der Waals surface area contributed by atoms with Crippen molar-refractivity contribution in [2.45, 2.75) is 6.92 Å². The minimum atomic E-state index is -0.607. The number of carbonyl (C=O) groups is 2. The normalized spacial score (nSPS) is 10.3. The second-order valence-electron chi connectivity index (χ2n) is 5.75. The molecule has 154 valence electrons. The standard InChI is InChI=1S/C18H15N5O6S/c1-2-29-16(25)10-3-5-11(6-4-10)19-17(26)20-18-22-21-15(30-18)13-9-12(23(27)28)7-8-14(13)24/h3-9,24H,2H2,1H3,(H2,19,20,22,26). The monoisotopic (exact) mass is 429 g/mol. The maximum absolute atomic E-state index is 12.1. The lowest BCUT2D eigenvalue weighted by molar-refractivity contribution is -0.384. The number of carbonyl (C=O) groups excluding carboxylic acids is 2. The zero-order chi connectivity index (χ0) is 21.7. The van der Waals surface area contributed by atoms with Crippen molar-refractivity contribution in [3.05, 3.63) is 58.1 Å². The molecule has 0 saturated carbocycles. The number of phenols is 1. The van der Waals surface area contributed by atoms with Crippen LogP contribution in [0.15, 0.2) is 42.5 Å². The van der Waals surface area contributed by atoms with Gasteiger partial charge in [0.25, 0.3) is 5.69 Å². The average molecular weight is 429 g/mol.